The Morgan fingerprint density at radius 1 is 0.919 bits per heavy atom. The Bertz CT molecular complexity index is 1220. The van der Waals surface area contributed by atoms with Crippen molar-refractivity contribution in [2.24, 2.45) is 0 Å². The molecule has 200 valence electrons. The highest BCUT2D eigenvalue weighted by Gasteiger charge is 2.19. The predicted molar refractivity (Wildman–Crippen MR) is 148 cm³/mol. The number of nitrogen functional groups attached to an aromatic ring is 1. The summed E-state index contributed by atoms with van der Waals surface area (Å²) < 4.78 is 10.8. The van der Waals surface area contributed by atoms with Crippen LogP contribution in [0.5, 0.6) is 17.2 Å². The van der Waals surface area contributed by atoms with E-state index in [1.165, 1.54) is 0 Å². The highest BCUT2D eigenvalue weighted by Crippen LogP contribution is 2.34. The molecule has 0 fully saturated rings. The first-order chi connectivity index (χ1) is 17.7. The largest absolute Gasteiger partial charge is 0.507 e. The average molecular weight is 510 g/mol. The third-order valence-corrected chi connectivity index (χ3v) is 6.37. The van der Waals surface area contributed by atoms with Crippen LogP contribution in [0.3, 0.4) is 0 Å². The van der Waals surface area contributed by atoms with Gasteiger partial charge in [0, 0.05) is 43.2 Å². The lowest BCUT2D eigenvalue weighted by Gasteiger charge is -2.26. The molecule has 2 aromatic carbocycles. The standard InChI is InChI=1S/C28H39N5O4/c1-7-10-32(27(35)20-14-18(3)25(34)19(4)15-20)12-9-13-33(11-8-2)28-30-22-17-24(37-6)23(36-5)16-21(22)26(29)31-28/h14-17,34H,7-13H2,1-6H3,(H2,29,30,31). The van der Waals surface area contributed by atoms with E-state index in [0.29, 0.717) is 70.5 Å². The molecule has 0 unspecified atom stereocenters. The minimum atomic E-state index is -0.0256. The number of hydrogen-bond donors (Lipinski definition) is 2. The molecule has 0 saturated heterocycles. The number of nitrogens with zero attached hydrogens (tertiary/aromatic N) is 4. The van der Waals surface area contributed by atoms with Crippen LogP contribution in [0, 0.1) is 13.8 Å². The van der Waals surface area contributed by atoms with Crippen LogP contribution in [0.1, 0.15) is 54.6 Å². The molecule has 1 amide bonds. The highest BCUT2D eigenvalue weighted by molar-refractivity contribution is 5.95. The number of rotatable bonds is 12. The molecule has 1 aromatic heterocycles. The molecule has 3 aromatic rings. The van der Waals surface area contributed by atoms with Gasteiger partial charge < -0.3 is 30.1 Å². The number of hydrogen-bond acceptors (Lipinski definition) is 8. The molecule has 0 aliphatic heterocycles. The lowest BCUT2D eigenvalue weighted by atomic mass is 10.0. The number of fused-ring (bicyclic) bond motifs is 1. The van der Waals surface area contributed by atoms with Crippen LogP contribution in [0.2, 0.25) is 0 Å². The molecule has 0 saturated carbocycles. The second-order valence-corrected chi connectivity index (χ2v) is 9.22. The van der Waals surface area contributed by atoms with Crippen molar-refractivity contribution in [3.63, 3.8) is 0 Å². The molecule has 0 aliphatic rings. The van der Waals surface area contributed by atoms with Gasteiger partial charge in [-0.05, 0) is 62.4 Å². The number of nitrogens with two attached hydrogens (primary N) is 1. The summed E-state index contributed by atoms with van der Waals surface area (Å²) in [5.74, 6) is 2.29. The fraction of sp³-hybridized carbons (Fsp3) is 0.464. The van der Waals surface area contributed by atoms with Gasteiger partial charge in [-0.2, -0.15) is 4.98 Å². The first-order valence-electron chi connectivity index (χ1n) is 12.8. The lowest BCUT2D eigenvalue weighted by Crippen LogP contribution is -2.35. The van der Waals surface area contributed by atoms with Crippen molar-refractivity contribution in [1.82, 2.24) is 14.9 Å². The Morgan fingerprint density at radius 3 is 2.14 bits per heavy atom. The molecule has 0 radical (unpaired) electrons. The summed E-state index contributed by atoms with van der Waals surface area (Å²) in [5, 5.41) is 10.8. The Hall–Kier alpha value is -3.75. The van der Waals surface area contributed by atoms with E-state index in [-0.39, 0.29) is 11.7 Å². The number of anilines is 2. The van der Waals surface area contributed by atoms with E-state index in [0.717, 1.165) is 25.8 Å². The second kappa shape index (κ2) is 12.5. The molecular formula is C28H39N5O4. The van der Waals surface area contributed by atoms with Gasteiger partial charge in [0.25, 0.3) is 5.91 Å². The van der Waals surface area contributed by atoms with Gasteiger partial charge in [-0.15, -0.1) is 0 Å². The van der Waals surface area contributed by atoms with Gasteiger partial charge in [0.15, 0.2) is 11.5 Å². The van der Waals surface area contributed by atoms with E-state index in [4.69, 9.17) is 20.2 Å². The van der Waals surface area contributed by atoms with Crippen molar-refractivity contribution in [3.8, 4) is 17.2 Å². The Kier molecular flexibility index (Phi) is 9.38. The number of carbonyl (C=O) groups excluding carboxylic acids is 1. The van der Waals surface area contributed by atoms with Crippen molar-refractivity contribution < 1.29 is 19.4 Å². The van der Waals surface area contributed by atoms with Crippen LogP contribution in [-0.2, 0) is 0 Å². The summed E-state index contributed by atoms with van der Waals surface area (Å²) in [5.41, 5.74) is 9.00. The number of ether oxygens (including phenoxy) is 2. The monoisotopic (exact) mass is 509 g/mol. The summed E-state index contributed by atoms with van der Waals surface area (Å²) in [4.78, 5) is 26.6. The molecule has 9 nitrogen and oxygen atoms in total. The van der Waals surface area contributed by atoms with Gasteiger partial charge in [-0.25, -0.2) is 4.98 Å². The summed E-state index contributed by atoms with van der Waals surface area (Å²) in [6.07, 6.45) is 2.52. The molecule has 0 bridgehead atoms. The quantitative estimate of drug-likeness (QED) is 0.361. The zero-order valence-electron chi connectivity index (χ0n) is 22.8. The summed E-state index contributed by atoms with van der Waals surface area (Å²) in [7, 11) is 3.16. The maximum absolute atomic E-state index is 13.3. The predicted octanol–water partition coefficient (Wildman–Crippen LogP) is 4.71. The number of benzene rings is 2. The summed E-state index contributed by atoms with van der Waals surface area (Å²) >= 11 is 0. The minimum Gasteiger partial charge on any atom is -0.507 e. The third-order valence-electron chi connectivity index (χ3n) is 6.37. The maximum Gasteiger partial charge on any atom is 0.253 e. The van der Waals surface area contributed by atoms with Crippen molar-refractivity contribution in [3.05, 3.63) is 41.0 Å². The summed E-state index contributed by atoms with van der Waals surface area (Å²) in [6, 6.07) is 7.11. The van der Waals surface area contributed by atoms with Gasteiger partial charge >= 0.3 is 0 Å². The number of aryl methyl sites for hydroxylation is 2. The van der Waals surface area contributed by atoms with Gasteiger partial charge in [0.1, 0.15) is 11.6 Å². The van der Waals surface area contributed by atoms with Crippen LogP contribution >= 0.6 is 0 Å². The fourth-order valence-corrected chi connectivity index (χ4v) is 4.49. The number of aromatic hydroxyl groups is 1. The molecule has 9 heteroatoms. The van der Waals surface area contributed by atoms with E-state index in [1.807, 2.05) is 24.8 Å². The van der Waals surface area contributed by atoms with E-state index in [9.17, 15) is 9.90 Å². The highest BCUT2D eigenvalue weighted by atomic mass is 16.5. The van der Waals surface area contributed by atoms with Gasteiger partial charge in [0.05, 0.1) is 19.7 Å². The molecule has 0 atom stereocenters. The minimum absolute atomic E-state index is 0.0256. The molecule has 1 heterocycles. The van der Waals surface area contributed by atoms with Crippen molar-refractivity contribution >= 4 is 28.6 Å². The molecule has 3 N–H and O–H groups in total. The van der Waals surface area contributed by atoms with Gasteiger partial charge in [-0.1, -0.05) is 13.8 Å². The maximum atomic E-state index is 13.3. The van der Waals surface area contributed by atoms with E-state index < -0.39 is 0 Å². The summed E-state index contributed by atoms with van der Waals surface area (Å²) in [6.45, 7) is 10.5. The van der Waals surface area contributed by atoms with E-state index >= 15 is 0 Å². The Morgan fingerprint density at radius 2 is 1.54 bits per heavy atom. The van der Waals surface area contributed by atoms with Crippen molar-refractivity contribution in [2.75, 3.05) is 51.0 Å². The van der Waals surface area contributed by atoms with E-state index in [2.05, 4.69) is 23.7 Å². The SMILES string of the molecule is CCCN(CCCN(CCC)c1nc(N)c2cc(OC)c(OC)cc2n1)C(=O)c1cc(C)c(O)c(C)c1. The molecule has 0 aliphatic carbocycles. The number of methoxy groups -OCH3 is 2. The fourth-order valence-electron chi connectivity index (χ4n) is 4.49. The van der Waals surface area contributed by atoms with Crippen LogP contribution in [0.4, 0.5) is 11.8 Å². The van der Waals surface area contributed by atoms with Crippen LogP contribution < -0.4 is 20.1 Å². The topological polar surface area (TPSA) is 114 Å². The van der Waals surface area contributed by atoms with Crippen molar-refractivity contribution in [2.45, 2.75) is 47.0 Å². The van der Waals surface area contributed by atoms with Crippen molar-refractivity contribution in [1.29, 1.82) is 0 Å². The van der Waals surface area contributed by atoms with Crippen LogP contribution in [-0.4, -0.2) is 66.3 Å². The Labute approximate surface area is 219 Å². The first-order valence-corrected chi connectivity index (χ1v) is 12.8. The lowest BCUT2D eigenvalue weighted by molar-refractivity contribution is 0.0754. The first kappa shape index (κ1) is 27.8. The normalized spacial score (nSPS) is 11.0. The number of phenols is 1. The van der Waals surface area contributed by atoms with Gasteiger partial charge in [0.2, 0.25) is 5.95 Å². The smallest absolute Gasteiger partial charge is 0.253 e. The van der Waals surface area contributed by atoms with Gasteiger partial charge in [-0.3, -0.25) is 4.79 Å². The zero-order valence-corrected chi connectivity index (χ0v) is 22.8. The van der Waals surface area contributed by atoms with Crippen LogP contribution in [0.25, 0.3) is 10.9 Å². The number of carbonyl (C=O) groups is 1. The Balaban J connectivity index is 1.80. The molecule has 37 heavy (non-hydrogen) atoms. The number of phenolic OH excluding ortho intramolecular Hbond substituents is 1. The number of amides is 1. The molecule has 3 rings (SSSR count). The third kappa shape index (κ3) is 6.34. The van der Waals surface area contributed by atoms with Crippen LogP contribution in [0.15, 0.2) is 24.3 Å². The second-order valence-electron chi connectivity index (χ2n) is 9.22. The van der Waals surface area contributed by atoms with E-state index in [1.54, 1.807) is 32.4 Å². The molecule has 0 spiro atoms. The average Bonchev–Trinajstić information content (AvgIpc) is 2.89. The molecular weight excluding hydrogens is 470 g/mol. The zero-order chi connectivity index (χ0) is 27.1. The number of aromatic nitrogens is 2.